The Bertz CT molecular complexity index is 752. The molecular weight excluding hydrogens is 359 g/mol. The fourth-order valence-corrected chi connectivity index (χ4v) is 4.64. The maximum Gasteiger partial charge on any atom is 0.169 e. The van der Waals surface area contributed by atoms with Gasteiger partial charge in [0.2, 0.25) is 0 Å². The third kappa shape index (κ3) is 6.23. The van der Waals surface area contributed by atoms with Gasteiger partial charge in [0, 0.05) is 19.6 Å². The van der Waals surface area contributed by atoms with Crippen LogP contribution in [0.4, 0.5) is 4.39 Å². The van der Waals surface area contributed by atoms with Gasteiger partial charge in [-0.2, -0.15) is 0 Å². The third-order valence-electron chi connectivity index (χ3n) is 5.34. The minimum atomic E-state index is -0.143. The Kier molecular flexibility index (Phi) is 7.16. The Morgan fingerprint density at radius 2 is 2.04 bits per heavy atom. The Morgan fingerprint density at radius 3 is 2.70 bits per heavy atom. The molecule has 5 heteroatoms. The molecule has 2 aromatic rings. The molecule has 0 radical (unpaired) electrons. The van der Waals surface area contributed by atoms with E-state index in [2.05, 4.69) is 22.2 Å². The molecule has 0 saturated carbocycles. The van der Waals surface area contributed by atoms with Crippen LogP contribution < -0.4 is 0 Å². The summed E-state index contributed by atoms with van der Waals surface area (Å²) in [4.78, 5) is 17.2. The number of piperidine rings is 1. The number of nitrogens with zero attached hydrogens (tertiary/aromatic N) is 2. The number of halogens is 1. The summed E-state index contributed by atoms with van der Waals surface area (Å²) < 4.78 is 13.3. The van der Waals surface area contributed by atoms with Crippen LogP contribution in [0, 0.1) is 11.7 Å². The van der Waals surface area contributed by atoms with E-state index in [1.54, 1.807) is 30.4 Å². The highest BCUT2D eigenvalue weighted by molar-refractivity contribution is 7.12. The predicted molar refractivity (Wildman–Crippen MR) is 110 cm³/mol. The molecule has 1 aromatic carbocycles. The molecule has 1 aliphatic heterocycles. The Morgan fingerprint density at radius 1 is 1.26 bits per heavy atom. The Hall–Kier alpha value is -1.56. The van der Waals surface area contributed by atoms with Crippen molar-refractivity contribution in [3.05, 3.63) is 57.5 Å². The molecule has 0 amide bonds. The molecule has 0 unspecified atom stereocenters. The van der Waals surface area contributed by atoms with E-state index >= 15 is 0 Å². The van der Waals surface area contributed by atoms with E-state index in [1.807, 2.05) is 12.1 Å². The lowest BCUT2D eigenvalue weighted by Crippen LogP contribution is -2.38. The van der Waals surface area contributed by atoms with E-state index in [0.29, 0.717) is 0 Å². The van der Waals surface area contributed by atoms with Crippen LogP contribution >= 0.6 is 11.3 Å². The number of ketones is 1. The molecule has 0 bridgehead atoms. The zero-order valence-electron chi connectivity index (χ0n) is 16.3. The van der Waals surface area contributed by atoms with Crippen molar-refractivity contribution < 1.29 is 9.18 Å². The van der Waals surface area contributed by atoms with Crippen LogP contribution in [0.2, 0.25) is 0 Å². The molecule has 0 atom stereocenters. The molecule has 0 aliphatic carbocycles. The first-order valence-electron chi connectivity index (χ1n) is 9.73. The van der Waals surface area contributed by atoms with Crippen molar-refractivity contribution in [3.63, 3.8) is 0 Å². The van der Waals surface area contributed by atoms with Crippen LogP contribution in [0.1, 0.15) is 40.6 Å². The minimum Gasteiger partial charge on any atom is -0.303 e. The summed E-state index contributed by atoms with van der Waals surface area (Å²) in [6.07, 6.45) is 3.35. The molecule has 146 valence electrons. The summed E-state index contributed by atoms with van der Waals surface area (Å²) in [7, 11) is 2.17. The average Bonchev–Trinajstić information content (AvgIpc) is 3.10. The van der Waals surface area contributed by atoms with Gasteiger partial charge in [0.1, 0.15) is 5.82 Å². The van der Waals surface area contributed by atoms with Gasteiger partial charge in [0.15, 0.2) is 5.78 Å². The largest absolute Gasteiger partial charge is 0.303 e. The van der Waals surface area contributed by atoms with Crippen LogP contribution in [0.3, 0.4) is 0 Å². The Labute approximate surface area is 165 Å². The molecule has 3 nitrogen and oxygen atoms in total. The lowest BCUT2D eigenvalue weighted by atomic mass is 9.96. The second-order valence-electron chi connectivity index (χ2n) is 7.74. The van der Waals surface area contributed by atoms with Crippen molar-refractivity contribution in [3.8, 4) is 0 Å². The number of rotatable bonds is 8. The second kappa shape index (κ2) is 9.58. The van der Waals surface area contributed by atoms with Gasteiger partial charge >= 0.3 is 0 Å². The number of hydrogen-bond donors (Lipinski definition) is 0. The fraction of sp³-hybridized carbons (Fsp3) is 0.500. The van der Waals surface area contributed by atoms with E-state index < -0.39 is 0 Å². The molecule has 2 heterocycles. The molecular formula is C22H29FN2OS. The summed E-state index contributed by atoms with van der Waals surface area (Å²) in [6, 6.07) is 8.97. The average molecular weight is 389 g/mol. The van der Waals surface area contributed by atoms with E-state index in [1.165, 1.54) is 24.5 Å². The quantitative estimate of drug-likeness (QED) is 0.623. The highest BCUT2D eigenvalue weighted by atomic mass is 32.1. The highest BCUT2D eigenvalue weighted by Gasteiger charge is 2.20. The molecule has 0 N–H and O–H groups in total. The summed E-state index contributed by atoms with van der Waals surface area (Å²) in [5.74, 6) is 0.737. The number of likely N-dealkylation sites (tertiary alicyclic amines) is 1. The summed E-state index contributed by atoms with van der Waals surface area (Å²) in [5.41, 5.74) is 2.32. The van der Waals surface area contributed by atoms with Crippen LogP contribution in [-0.4, -0.2) is 48.8 Å². The zero-order valence-corrected chi connectivity index (χ0v) is 17.1. The monoisotopic (exact) mass is 388 g/mol. The summed E-state index contributed by atoms with van der Waals surface area (Å²) in [5, 5.41) is 2.10. The zero-order chi connectivity index (χ0) is 19.2. The minimum absolute atomic E-state index is 0.143. The van der Waals surface area contributed by atoms with E-state index in [4.69, 9.17) is 0 Å². The van der Waals surface area contributed by atoms with Crippen molar-refractivity contribution in [1.82, 2.24) is 9.80 Å². The third-order valence-corrected chi connectivity index (χ3v) is 6.42. The topological polar surface area (TPSA) is 23.6 Å². The first-order chi connectivity index (χ1) is 13.0. The molecule has 27 heavy (non-hydrogen) atoms. The SMILES string of the molecule is CC(=O)c1cc(CN(C)CC2CCN(CCc3cccc(F)c3)CC2)cs1. The van der Waals surface area contributed by atoms with Crippen LogP contribution in [0.15, 0.2) is 35.7 Å². The normalized spacial score (nSPS) is 16.1. The van der Waals surface area contributed by atoms with Crippen molar-refractivity contribution in [1.29, 1.82) is 0 Å². The molecule has 1 aromatic heterocycles. The molecule has 3 rings (SSSR count). The van der Waals surface area contributed by atoms with Crippen molar-refractivity contribution in [2.24, 2.45) is 5.92 Å². The summed E-state index contributed by atoms with van der Waals surface area (Å²) in [6.45, 7) is 6.89. The highest BCUT2D eigenvalue weighted by Crippen LogP contribution is 2.21. The number of carbonyl (C=O) groups excluding carboxylic acids is 1. The predicted octanol–water partition coefficient (Wildman–Crippen LogP) is 4.48. The maximum absolute atomic E-state index is 13.3. The number of benzene rings is 1. The number of hydrogen-bond acceptors (Lipinski definition) is 4. The van der Waals surface area contributed by atoms with E-state index in [-0.39, 0.29) is 11.6 Å². The smallest absolute Gasteiger partial charge is 0.169 e. The van der Waals surface area contributed by atoms with Crippen molar-refractivity contribution in [2.45, 2.75) is 32.7 Å². The first kappa shape index (κ1) is 20.2. The summed E-state index contributed by atoms with van der Waals surface area (Å²) >= 11 is 1.54. The maximum atomic E-state index is 13.3. The van der Waals surface area contributed by atoms with Gasteiger partial charge in [-0.1, -0.05) is 12.1 Å². The van der Waals surface area contributed by atoms with Gasteiger partial charge in [-0.25, -0.2) is 4.39 Å². The fourth-order valence-electron chi connectivity index (χ4n) is 3.83. The number of thiophene rings is 1. The standard InChI is InChI=1S/C22H29FN2OS/c1-17(26)22-13-20(16-27-22)15-24(2)14-19-7-10-25(11-8-19)9-6-18-4-3-5-21(23)12-18/h3-5,12-13,16,19H,6-11,14-15H2,1-2H3. The van der Waals surface area contributed by atoms with Crippen molar-refractivity contribution in [2.75, 3.05) is 33.2 Å². The molecule has 1 saturated heterocycles. The van der Waals surface area contributed by atoms with Gasteiger partial charge in [0.05, 0.1) is 4.88 Å². The van der Waals surface area contributed by atoms with Crippen LogP contribution in [-0.2, 0) is 13.0 Å². The molecule has 1 fully saturated rings. The van der Waals surface area contributed by atoms with Crippen LogP contribution in [0.25, 0.3) is 0 Å². The lowest BCUT2D eigenvalue weighted by Gasteiger charge is -2.34. The Balaban J connectivity index is 1.37. The first-order valence-corrected chi connectivity index (χ1v) is 10.6. The molecule has 1 aliphatic rings. The second-order valence-corrected chi connectivity index (χ2v) is 8.65. The van der Waals surface area contributed by atoms with Gasteiger partial charge in [0.25, 0.3) is 0 Å². The molecule has 0 spiro atoms. The van der Waals surface area contributed by atoms with Crippen LogP contribution in [0.5, 0.6) is 0 Å². The van der Waals surface area contributed by atoms with E-state index in [0.717, 1.165) is 55.5 Å². The van der Waals surface area contributed by atoms with Gasteiger partial charge in [-0.05, 0) is 86.9 Å². The number of Topliss-reactive ketones (excluding diaryl/α,β-unsaturated/α-hetero) is 1. The van der Waals surface area contributed by atoms with Gasteiger partial charge in [-0.3, -0.25) is 4.79 Å². The number of carbonyl (C=O) groups is 1. The van der Waals surface area contributed by atoms with Gasteiger partial charge < -0.3 is 9.80 Å². The lowest BCUT2D eigenvalue weighted by molar-refractivity contribution is 0.102. The van der Waals surface area contributed by atoms with Crippen molar-refractivity contribution >= 4 is 17.1 Å². The van der Waals surface area contributed by atoms with E-state index in [9.17, 15) is 9.18 Å². The van der Waals surface area contributed by atoms with Gasteiger partial charge in [-0.15, -0.1) is 11.3 Å².